The number of aliphatic imine (C=N–C) groups is 1. The molecule has 11 nitrogen and oxygen atoms in total. The van der Waals surface area contributed by atoms with Crippen LogP contribution in [0.3, 0.4) is 0 Å². The number of rotatable bonds is 5. The predicted octanol–water partition coefficient (Wildman–Crippen LogP) is 3.31. The van der Waals surface area contributed by atoms with E-state index in [1.807, 2.05) is 19.1 Å². The fourth-order valence-corrected chi connectivity index (χ4v) is 3.76. The summed E-state index contributed by atoms with van der Waals surface area (Å²) >= 11 is 0. The highest BCUT2D eigenvalue weighted by molar-refractivity contribution is 5.85. The molecule has 0 spiro atoms. The van der Waals surface area contributed by atoms with Gasteiger partial charge in [-0.05, 0) is 57.0 Å². The molecule has 35 heavy (non-hydrogen) atoms. The molecule has 0 aliphatic rings. The summed E-state index contributed by atoms with van der Waals surface area (Å²) in [5.74, 6) is -0.533. The van der Waals surface area contributed by atoms with Gasteiger partial charge in [0.2, 0.25) is 5.88 Å². The number of benzene rings is 2. The van der Waals surface area contributed by atoms with E-state index in [1.165, 1.54) is 18.3 Å². The molecule has 2 aromatic carbocycles. The smallest absolute Gasteiger partial charge is 0.335 e. The Hall–Kier alpha value is -4.80. The van der Waals surface area contributed by atoms with Gasteiger partial charge in [0.05, 0.1) is 27.7 Å². The van der Waals surface area contributed by atoms with Gasteiger partial charge in [-0.2, -0.15) is 5.10 Å². The molecule has 4 aromatic rings. The zero-order valence-corrected chi connectivity index (χ0v) is 19.4. The lowest BCUT2D eigenvalue weighted by Crippen LogP contribution is -2.31. The number of aromatic hydroxyl groups is 1. The Bertz CT molecular complexity index is 1610. The van der Waals surface area contributed by atoms with Crippen LogP contribution in [0, 0.1) is 37.8 Å². The van der Waals surface area contributed by atoms with Crippen LogP contribution in [0.25, 0.3) is 11.4 Å². The SMILES string of the molecule is Cc1ccc(C)c(-n2c(O)c(C=Nc3c(C)nn(-c4ccc([N+](=O)[O-])cc4)c3C)c(=O)[nH]c2=O)c1. The molecule has 0 atom stereocenters. The number of aromatic amines is 1. The van der Waals surface area contributed by atoms with E-state index in [9.17, 15) is 24.8 Å². The molecule has 178 valence electrons. The molecule has 0 saturated carbocycles. The van der Waals surface area contributed by atoms with Gasteiger partial charge in [-0.25, -0.2) is 14.0 Å². The van der Waals surface area contributed by atoms with Gasteiger partial charge in [0.25, 0.3) is 11.2 Å². The highest BCUT2D eigenvalue weighted by atomic mass is 16.6. The maximum absolute atomic E-state index is 12.5. The van der Waals surface area contributed by atoms with E-state index in [-0.39, 0.29) is 11.3 Å². The third kappa shape index (κ3) is 4.26. The maximum atomic E-state index is 12.5. The largest absolute Gasteiger partial charge is 0.493 e. The van der Waals surface area contributed by atoms with Crippen LogP contribution in [0.4, 0.5) is 11.4 Å². The number of aromatic nitrogens is 4. The number of aryl methyl sites for hydroxylation is 3. The standard InChI is InChI=1S/C24H22N6O5/c1-13-5-6-14(2)20(11-13)28-23(32)19(22(31)26-24(28)33)12-25-21-15(3)27-29(16(21)4)17-7-9-18(10-8-17)30(34)35/h5-12,32H,1-4H3,(H,26,31,33). The Morgan fingerprint density at radius 2 is 1.77 bits per heavy atom. The first-order chi connectivity index (χ1) is 16.6. The Morgan fingerprint density at radius 3 is 2.43 bits per heavy atom. The van der Waals surface area contributed by atoms with Crippen molar-refractivity contribution in [1.29, 1.82) is 0 Å². The van der Waals surface area contributed by atoms with Crippen LogP contribution < -0.4 is 11.2 Å². The predicted molar refractivity (Wildman–Crippen MR) is 131 cm³/mol. The van der Waals surface area contributed by atoms with Gasteiger partial charge in [-0.15, -0.1) is 0 Å². The fourth-order valence-electron chi connectivity index (χ4n) is 3.76. The number of nitrogens with one attached hydrogen (secondary N) is 1. The molecule has 0 fully saturated rings. The Labute approximate surface area is 198 Å². The number of hydrogen-bond acceptors (Lipinski definition) is 7. The van der Waals surface area contributed by atoms with E-state index in [4.69, 9.17) is 0 Å². The van der Waals surface area contributed by atoms with Gasteiger partial charge in [0.1, 0.15) is 11.3 Å². The molecule has 0 amide bonds. The number of nitro groups is 1. The van der Waals surface area contributed by atoms with Crippen LogP contribution in [0.15, 0.2) is 57.0 Å². The van der Waals surface area contributed by atoms with Crippen LogP contribution in [-0.4, -0.2) is 35.6 Å². The quantitative estimate of drug-likeness (QED) is 0.257. The van der Waals surface area contributed by atoms with Crippen LogP contribution in [0.5, 0.6) is 5.88 Å². The summed E-state index contributed by atoms with van der Waals surface area (Å²) in [6, 6.07) is 11.3. The molecular weight excluding hydrogens is 452 g/mol. The molecule has 0 unspecified atom stereocenters. The van der Waals surface area contributed by atoms with Crippen LogP contribution in [0.2, 0.25) is 0 Å². The first kappa shape index (κ1) is 23.4. The van der Waals surface area contributed by atoms with Gasteiger partial charge >= 0.3 is 5.69 Å². The van der Waals surface area contributed by atoms with Crippen molar-refractivity contribution in [2.24, 2.45) is 4.99 Å². The molecular formula is C24H22N6O5. The minimum Gasteiger partial charge on any atom is -0.493 e. The first-order valence-electron chi connectivity index (χ1n) is 10.6. The van der Waals surface area contributed by atoms with Gasteiger partial charge in [-0.1, -0.05) is 12.1 Å². The van der Waals surface area contributed by atoms with Crippen molar-refractivity contribution in [2.45, 2.75) is 27.7 Å². The van der Waals surface area contributed by atoms with Crippen LogP contribution in [0.1, 0.15) is 28.1 Å². The normalized spacial score (nSPS) is 11.3. The van der Waals surface area contributed by atoms with E-state index in [0.717, 1.165) is 15.7 Å². The van der Waals surface area contributed by atoms with E-state index >= 15 is 0 Å². The molecule has 0 saturated heterocycles. The number of H-pyrrole nitrogens is 1. The van der Waals surface area contributed by atoms with Crippen molar-refractivity contribution in [2.75, 3.05) is 0 Å². The Balaban J connectivity index is 1.78. The summed E-state index contributed by atoms with van der Waals surface area (Å²) in [6.07, 6.45) is 1.19. The molecule has 0 aliphatic carbocycles. The lowest BCUT2D eigenvalue weighted by molar-refractivity contribution is -0.384. The third-order valence-corrected chi connectivity index (χ3v) is 5.61. The Morgan fingerprint density at radius 1 is 1.09 bits per heavy atom. The van der Waals surface area contributed by atoms with Gasteiger partial charge in [0, 0.05) is 18.3 Å². The average molecular weight is 474 g/mol. The number of hydrogen-bond donors (Lipinski definition) is 2. The molecule has 2 aromatic heterocycles. The minimum absolute atomic E-state index is 0.0396. The van der Waals surface area contributed by atoms with E-state index in [1.54, 1.807) is 43.7 Å². The lowest BCUT2D eigenvalue weighted by atomic mass is 10.1. The third-order valence-electron chi connectivity index (χ3n) is 5.61. The zero-order valence-electron chi connectivity index (χ0n) is 19.4. The summed E-state index contributed by atoms with van der Waals surface area (Å²) in [7, 11) is 0. The molecule has 0 radical (unpaired) electrons. The van der Waals surface area contributed by atoms with Crippen molar-refractivity contribution >= 4 is 17.6 Å². The lowest BCUT2D eigenvalue weighted by Gasteiger charge is -2.12. The summed E-state index contributed by atoms with van der Waals surface area (Å²) in [5, 5.41) is 26.2. The molecule has 11 heteroatoms. The van der Waals surface area contributed by atoms with Gasteiger partial charge in [-0.3, -0.25) is 24.9 Å². The fraction of sp³-hybridized carbons (Fsp3) is 0.167. The summed E-state index contributed by atoms with van der Waals surface area (Å²) in [6.45, 7) is 7.13. The zero-order chi connectivity index (χ0) is 25.4. The number of nitro benzene ring substituents is 1. The molecule has 2 heterocycles. The van der Waals surface area contributed by atoms with E-state index in [2.05, 4.69) is 15.1 Å². The topological polar surface area (TPSA) is 148 Å². The monoisotopic (exact) mass is 474 g/mol. The van der Waals surface area contributed by atoms with Crippen LogP contribution >= 0.6 is 0 Å². The van der Waals surface area contributed by atoms with Gasteiger partial charge in [0.15, 0.2) is 0 Å². The van der Waals surface area contributed by atoms with Gasteiger partial charge < -0.3 is 5.11 Å². The second-order valence-corrected chi connectivity index (χ2v) is 8.08. The number of non-ortho nitro benzene ring substituents is 1. The van der Waals surface area contributed by atoms with E-state index in [0.29, 0.717) is 28.5 Å². The second-order valence-electron chi connectivity index (χ2n) is 8.08. The molecule has 0 aliphatic heterocycles. The summed E-state index contributed by atoms with van der Waals surface area (Å²) in [5.41, 5.74) is 2.48. The summed E-state index contributed by atoms with van der Waals surface area (Å²) < 4.78 is 2.61. The maximum Gasteiger partial charge on any atom is 0.335 e. The molecule has 4 rings (SSSR count). The summed E-state index contributed by atoms with van der Waals surface area (Å²) in [4.78, 5) is 42.1. The molecule has 0 bridgehead atoms. The number of nitrogens with zero attached hydrogens (tertiary/aromatic N) is 5. The van der Waals surface area contributed by atoms with Crippen molar-refractivity contribution in [1.82, 2.24) is 19.3 Å². The average Bonchev–Trinajstić information content (AvgIpc) is 3.09. The Kier molecular flexibility index (Phi) is 5.91. The van der Waals surface area contributed by atoms with Crippen molar-refractivity contribution < 1.29 is 10.0 Å². The van der Waals surface area contributed by atoms with Crippen molar-refractivity contribution in [3.63, 3.8) is 0 Å². The van der Waals surface area contributed by atoms with Crippen molar-refractivity contribution in [3.05, 3.63) is 101 Å². The van der Waals surface area contributed by atoms with Crippen LogP contribution in [-0.2, 0) is 0 Å². The molecule has 2 N–H and O–H groups in total. The van der Waals surface area contributed by atoms with E-state index < -0.39 is 22.1 Å². The minimum atomic E-state index is -0.782. The highest BCUT2D eigenvalue weighted by Gasteiger charge is 2.17. The van der Waals surface area contributed by atoms with Crippen molar-refractivity contribution in [3.8, 4) is 17.3 Å². The first-order valence-corrected chi connectivity index (χ1v) is 10.6. The highest BCUT2D eigenvalue weighted by Crippen LogP contribution is 2.27. The second kappa shape index (κ2) is 8.86.